The van der Waals surface area contributed by atoms with Crippen molar-refractivity contribution in [3.05, 3.63) is 55.9 Å². The van der Waals surface area contributed by atoms with Crippen LogP contribution in [0.2, 0.25) is 0 Å². The van der Waals surface area contributed by atoms with Crippen LogP contribution in [0.15, 0.2) is 21.2 Å². The lowest BCUT2D eigenvalue weighted by Crippen LogP contribution is -2.10. The number of furan rings is 1. The molecule has 3 heteroatoms. The largest absolute Gasteiger partial charge is 0.446 e. The fraction of sp³-hybridized carbons (Fsp3) is 0.312. The highest BCUT2D eigenvalue weighted by atomic mass is 79.9. The number of hydrogen-bond donors (Lipinski definition) is 0. The van der Waals surface area contributed by atoms with Gasteiger partial charge in [0.15, 0.2) is 10.4 Å². The van der Waals surface area contributed by atoms with Crippen molar-refractivity contribution in [2.45, 2.75) is 34.6 Å². The minimum absolute atomic E-state index is 0.0492. The monoisotopic (exact) mass is 320 g/mol. The van der Waals surface area contributed by atoms with Crippen LogP contribution in [0.4, 0.5) is 0 Å². The number of ketones is 1. The summed E-state index contributed by atoms with van der Waals surface area (Å²) >= 11 is 3.23. The molecule has 0 saturated carbocycles. The summed E-state index contributed by atoms with van der Waals surface area (Å²) in [6.45, 7) is 10.2. The van der Waals surface area contributed by atoms with E-state index in [0.29, 0.717) is 10.4 Å². The molecule has 0 N–H and O–H groups in total. The molecule has 0 radical (unpaired) electrons. The zero-order valence-corrected chi connectivity index (χ0v) is 13.4. The van der Waals surface area contributed by atoms with Crippen molar-refractivity contribution in [3.63, 3.8) is 0 Å². The molecule has 2 rings (SSSR count). The lowest BCUT2D eigenvalue weighted by Gasteiger charge is -2.17. The third kappa shape index (κ3) is 2.27. The molecule has 19 heavy (non-hydrogen) atoms. The summed E-state index contributed by atoms with van der Waals surface area (Å²) in [5, 5.41) is 0. The van der Waals surface area contributed by atoms with Crippen molar-refractivity contribution in [1.82, 2.24) is 0 Å². The molecule has 0 aliphatic carbocycles. The van der Waals surface area contributed by atoms with E-state index in [4.69, 9.17) is 4.42 Å². The Balaban J connectivity index is 2.66. The fourth-order valence-electron chi connectivity index (χ4n) is 2.40. The molecule has 0 amide bonds. The molecule has 0 unspecified atom stereocenters. The van der Waals surface area contributed by atoms with Crippen molar-refractivity contribution in [1.29, 1.82) is 0 Å². The van der Waals surface area contributed by atoms with Crippen LogP contribution in [0.25, 0.3) is 0 Å². The van der Waals surface area contributed by atoms with Gasteiger partial charge in [-0.15, -0.1) is 0 Å². The van der Waals surface area contributed by atoms with E-state index in [1.54, 1.807) is 12.1 Å². The van der Waals surface area contributed by atoms with Gasteiger partial charge in [0.25, 0.3) is 0 Å². The minimum Gasteiger partial charge on any atom is -0.446 e. The highest BCUT2D eigenvalue weighted by Gasteiger charge is 2.21. The Morgan fingerprint density at radius 2 is 1.37 bits per heavy atom. The Hall–Kier alpha value is -1.35. The van der Waals surface area contributed by atoms with Crippen LogP contribution in [-0.4, -0.2) is 5.78 Å². The number of hydrogen-bond acceptors (Lipinski definition) is 2. The van der Waals surface area contributed by atoms with Gasteiger partial charge >= 0.3 is 0 Å². The minimum atomic E-state index is -0.0492. The highest BCUT2D eigenvalue weighted by Crippen LogP contribution is 2.28. The number of halogens is 1. The van der Waals surface area contributed by atoms with Gasteiger partial charge in [0.05, 0.1) is 0 Å². The molecule has 0 bridgehead atoms. The molecular formula is C16H17BrO2. The third-order valence-electron chi connectivity index (χ3n) is 4.02. The number of carbonyl (C=O) groups is 1. The Labute approximate surface area is 122 Å². The molecule has 1 aromatic heterocycles. The van der Waals surface area contributed by atoms with Crippen molar-refractivity contribution >= 4 is 21.7 Å². The van der Waals surface area contributed by atoms with E-state index in [-0.39, 0.29) is 5.78 Å². The maximum absolute atomic E-state index is 12.6. The highest BCUT2D eigenvalue weighted by molar-refractivity contribution is 9.10. The predicted molar refractivity (Wildman–Crippen MR) is 80.0 cm³/mol. The Morgan fingerprint density at radius 1 is 0.895 bits per heavy atom. The normalized spacial score (nSPS) is 10.8. The van der Waals surface area contributed by atoms with Crippen molar-refractivity contribution in [2.75, 3.05) is 0 Å². The van der Waals surface area contributed by atoms with Crippen LogP contribution in [0.3, 0.4) is 0 Å². The van der Waals surface area contributed by atoms with Gasteiger partial charge < -0.3 is 4.42 Å². The first-order valence-electron chi connectivity index (χ1n) is 6.21. The average molecular weight is 321 g/mol. The molecular weight excluding hydrogens is 304 g/mol. The van der Waals surface area contributed by atoms with Gasteiger partial charge in [-0.25, -0.2) is 0 Å². The van der Waals surface area contributed by atoms with Crippen molar-refractivity contribution in [2.24, 2.45) is 0 Å². The van der Waals surface area contributed by atoms with Gasteiger partial charge in [-0.1, -0.05) is 0 Å². The first-order valence-corrected chi connectivity index (χ1v) is 7.01. The van der Waals surface area contributed by atoms with E-state index in [0.717, 1.165) is 16.7 Å². The molecule has 1 heterocycles. The van der Waals surface area contributed by atoms with E-state index >= 15 is 0 Å². The molecule has 0 fully saturated rings. The second-order valence-electron chi connectivity index (χ2n) is 4.93. The summed E-state index contributed by atoms with van der Waals surface area (Å²) in [5.74, 6) is 0.327. The quantitative estimate of drug-likeness (QED) is 0.743. The van der Waals surface area contributed by atoms with E-state index in [1.165, 1.54) is 16.7 Å². The Kier molecular flexibility index (Phi) is 3.68. The maximum Gasteiger partial charge on any atom is 0.228 e. The smallest absolute Gasteiger partial charge is 0.228 e. The zero-order chi connectivity index (χ0) is 14.3. The molecule has 2 nitrogen and oxygen atoms in total. The SMILES string of the molecule is Cc1c(C)c(C)c(C(=O)c2ccc(Br)o2)c(C)c1C. The van der Waals surface area contributed by atoms with Crippen LogP contribution in [0.1, 0.15) is 43.9 Å². The summed E-state index contributed by atoms with van der Waals surface area (Å²) in [5.41, 5.74) is 6.46. The molecule has 0 spiro atoms. The molecule has 0 saturated heterocycles. The van der Waals surface area contributed by atoms with Crippen molar-refractivity contribution in [3.8, 4) is 0 Å². The summed E-state index contributed by atoms with van der Waals surface area (Å²) in [4.78, 5) is 12.6. The van der Waals surface area contributed by atoms with Crippen LogP contribution in [0, 0.1) is 34.6 Å². The number of carbonyl (C=O) groups excluding carboxylic acids is 1. The van der Waals surface area contributed by atoms with Gasteiger partial charge in [0, 0.05) is 5.56 Å². The molecule has 2 aromatic rings. The Bertz CT molecular complexity index is 637. The second kappa shape index (κ2) is 4.97. The summed E-state index contributed by atoms with van der Waals surface area (Å²) in [6.07, 6.45) is 0. The van der Waals surface area contributed by atoms with Gasteiger partial charge in [-0.3, -0.25) is 4.79 Å². The van der Waals surface area contributed by atoms with Crippen LogP contribution < -0.4 is 0 Å². The van der Waals surface area contributed by atoms with E-state index in [2.05, 4.69) is 36.7 Å². The number of benzene rings is 1. The maximum atomic E-state index is 12.6. The summed E-state index contributed by atoms with van der Waals surface area (Å²) in [7, 11) is 0. The average Bonchev–Trinajstić information content (AvgIpc) is 2.81. The predicted octanol–water partition coefficient (Wildman–Crippen LogP) is 4.82. The van der Waals surface area contributed by atoms with Crippen LogP contribution >= 0.6 is 15.9 Å². The van der Waals surface area contributed by atoms with Gasteiger partial charge in [-0.05, 0) is 90.5 Å². The van der Waals surface area contributed by atoms with Gasteiger partial charge in [0.2, 0.25) is 5.78 Å². The second-order valence-corrected chi connectivity index (χ2v) is 5.71. The fourth-order valence-corrected chi connectivity index (χ4v) is 2.71. The van der Waals surface area contributed by atoms with Gasteiger partial charge in [0.1, 0.15) is 0 Å². The van der Waals surface area contributed by atoms with E-state index in [1.807, 2.05) is 13.8 Å². The molecule has 0 aliphatic rings. The first kappa shape index (κ1) is 14.1. The standard InChI is InChI=1S/C16H17BrO2/c1-8-9(2)11(4)15(12(5)10(8)3)16(18)13-6-7-14(17)19-13/h6-7H,1-5H3. The van der Waals surface area contributed by atoms with Gasteiger partial charge in [-0.2, -0.15) is 0 Å². The topological polar surface area (TPSA) is 30.2 Å². The summed E-state index contributed by atoms with van der Waals surface area (Å²) < 4.78 is 5.96. The molecule has 100 valence electrons. The zero-order valence-electron chi connectivity index (χ0n) is 11.8. The van der Waals surface area contributed by atoms with E-state index < -0.39 is 0 Å². The third-order valence-corrected chi connectivity index (χ3v) is 4.45. The van der Waals surface area contributed by atoms with E-state index in [9.17, 15) is 4.79 Å². The first-order chi connectivity index (χ1) is 8.84. The Morgan fingerprint density at radius 3 is 1.79 bits per heavy atom. The van der Waals surface area contributed by atoms with Crippen molar-refractivity contribution < 1.29 is 9.21 Å². The molecule has 0 aliphatic heterocycles. The van der Waals surface area contributed by atoms with Crippen LogP contribution in [0.5, 0.6) is 0 Å². The lowest BCUT2D eigenvalue weighted by atomic mass is 9.87. The number of rotatable bonds is 2. The molecule has 1 aromatic carbocycles. The lowest BCUT2D eigenvalue weighted by molar-refractivity contribution is 0.101. The summed E-state index contributed by atoms with van der Waals surface area (Å²) in [6, 6.07) is 3.45. The molecule has 0 atom stereocenters. The van der Waals surface area contributed by atoms with Crippen LogP contribution in [-0.2, 0) is 0 Å².